The van der Waals surface area contributed by atoms with Crippen LogP contribution in [0.4, 0.5) is 11.4 Å². The maximum Gasteiger partial charge on any atom is 0.269 e. The van der Waals surface area contributed by atoms with E-state index in [1.807, 2.05) is 13.1 Å². The molecule has 0 unspecified atom stereocenters. The Bertz CT molecular complexity index is 565. The molecular formula is C14H16N2O2. The molecule has 1 atom stereocenters. The van der Waals surface area contributed by atoms with E-state index in [0.717, 1.165) is 30.5 Å². The minimum Gasteiger partial charge on any atom is -0.347 e. The van der Waals surface area contributed by atoms with Crippen LogP contribution in [0.15, 0.2) is 30.0 Å². The molecule has 0 fully saturated rings. The van der Waals surface area contributed by atoms with Gasteiger partial charge in [-0.15, -0.1) is 0 Å². The Hall–Kier alpha value is -1.84. The number of nitrogens with zero attached hydrogens (tertiary/aromatic N) is 2. The van der Waals surface area contributed by atoms with Crippen LogP contribution in [0.1, 0.15) is 31.7 Å². The Labute approximate surface area is 106 Å². The molecule has 1 aromatic carbocycles. The summed E-state index contributed by atoms with van der Waals surface area (Å²) in [5.41, 5.74) is 3.65. The Morgan fingerprint density at radius 1 is 1.44 bits per heavy atom. The standard InChI is InChI=1S/C14H16N2O2/c1-14-8-4-3-5-13(14)15(2)12-7-6-10(16(17)18)9-11(12)14/h5-7,9H,3-4,8H2,1-2H3/t14-/m0/s1. The fourth-order valence-corrected chi connectivity index (χ4v) is 3.33. The van der Waals surface area contributed by atoms with Gasteiger partial charge >= 0.3 is 0 Å². The molecule has 0 bridgehead atoms. The summed E-state index contributed by atoms with van der Waals surface area (Å²) in [6.45, 7) is 2.20. The lowest BCUT2D eigenvalue weighted by Crippen LogP contribution is -2.28. The molecule has 0 radical (unpaired) electrons. The van der Waals surface area contributed by atoms with Crippen LogP contribution < -0.4 is 4.90 Å². The van der Waals surface area contributed by atoms with Gasteiger partial charge in [-0.25, -0.2) is 0 Å². The first kappa shape index (κ1) is 11.3. The lowest BCUT2D eigenvalue weighted by Gasteiger charge is -2.31. The Morgan fingerprint density at radius 2 is 2.22 bits per heavy atom. The van der Waals surface area contributed by atoms with Crippen LogP contribution in [0.5, 0.6) is 0 Å². The molecule has 0 N–H and O–H groups in total. The zero-order valence-electron chi connectivity index (χ0n) is 10.6. The van der Waals surface area contributed by atoms with Crippen LogP contribution in [-0.2, 0) is 5.41 Å². The number of benzene rings is 1. The number of allylic oxidation sites excluding steroid dienone is 2. The average molecular weight is 244 g/mol. The summed E-state index contributed by atoms with van der Waals surface area (Å²) in [5.74, 6) is 0. The molecule has 0 spiro atoms. The summed E-state index contributed by atoms with van der Waals surface area (Å²) in [6.07, 6.45) is 5.59. The SMILES string of the molecule is CN1C2=CCCC[C@@]2(C)c2cc([N+](=O)[O-])ccc21. The van der Waals surface area contributed by atoms with Gasteiger partial charge in [-0.1, -0.05) is 6.08 Å². The van der Waals surface area contributed by atoms with Gasteiger partial charge in [-0.3, -0.25) is 10.1 Å². The quantitative estimate of drug-likeness (QED) is 0.562. The molecule has 4 heteroatoms. The minimum atomic E-state index is -0.311. The van der Waals surface area contributed by atoms with Gasteiger partial charge in [-0.05, 0) is 37.8 Å². The first-order chi connectivity index (χ1) is 8.54. The number of hydrogen-bond donors (Lipinski definition) is 0. The normalized spacial score (nSPS) is 25.4. The second kappa shape index (κ2) is 3.57. The molecule has 3 rings (SSSR count). The van der Waals surface area contributed by atoms with Crippen molar-refractivity contribution < 1.29 is 4.92 Å². The Balaban J connectivity index is 2.22. The van der Waals surface area contributed by atoms with Gasteiger partial charge in [0.25, 0.3) is 5.69 Å². The monoisotopic (exact) mass is 244 g/mol. The smallest absolute Gasteiger partial charge is 0.269 e. The predicted molar refractivity (Wildman–Crippen MR) is 70.8 cm³/mol. The van der Waals surface area contributed by atoms with Crippen molar-refractivity contribution in [3.05, 3.63) is 45.6 Å². The topological polar surface area (TPSA) is 46.4 Å². The summed E-state index contributed by atoms with van der Waals surface area (Å²) in [6, 6.07) is 5.21. The molecule has 0 aromatic heterocycles. The molecule has 0 saturated heterocycles. The molecule has 4 nitrogen and oxygen atoms in total. The Kier molecular flexibility index (Phi) is 2.24. The molecule has 1 heterocycles. The lowest BCUT2D eigenvalue weighted by molar-refractivity contribution is -0.384. The van der Waals surface area contributed by atoms with Crippen molar-refractivity contribution >= 4 is 11.4 Å². The van der Waals surface area contributed by atoms with E-state index in [9.17, 15) is 10.1 Å². The molecule has 0 amide bonds. The van der Waals surface area contributed by atoms with E-state index in [1.165, 1.54) is 5.70 Å². The largest absolute Gasteiger partial charge is 0.347 e. The van der Waals surface area contributed by atoms with Gasteiger partial charge in [0, 0.05) is 36.0 Å². The molecular weight excluding hydrogens is 228 g/mol. The van der Waals surface area contributed by atoms with Crippen LogP contribution in [0.2, 0.25) is 0 Å². The van der Waals surface area contributed by atoms with Crippen molar-refractivity contribution in [1.82, 2.24) is 0 Å². The van der Waals surface area contributed by atoms with E-state index in [1.54, 1.807) is 12.1 Å². The lowest BCUT2D eigenvalue weighted by atomic mass is 9.74. The van der Waals surface area contributed by atoms with Gasteiger partial charge < -0.3 is 4.90 Å². The van der Waals surface area contributed by atoms with E-state index in [-0.39, 0.29) is 16.0 Å². The highest BCUT2D eigenvalue weighted by atomic mass is 16.6. The van der Waals surface area contributed by atoms with Gasteiger partial charge in [0.15, 0.2) is 0 Å². The van der Waals surface area contributed by atoms with Crippen molar-refractivity contribution in [2.24, 2.45) is 0 Å². The fraction of sp³-hybridized carbons (Fsp3) is 0.429. The maximum atomic E-state index is 10.9. The zero-order chi connectivity index (χ0) is 12.9. The van der Waals surface area contributed by atoms with Crippen LogP contribution in [0, 0.1) is 10.1 Å². The number of nitro benzene ring substituents is 1. The highest BCUT2D eigenvalue weighted by molar-refractivity contribution is 5.72. The summed E-state index contributed by atoms with van der Waals surface area (Å²) in [7, 11) is 2.05. The number of rotatable bonds is 1. The maximum absolute atomic E-state index is 10.9. The first-order valence-corrected chi connectivity index (χ1v) is 6.27. The number of likely N-dealkylation sites (N-methyl/N-ethyl adjacent to an activating group) is 1. The highest BCUT2D eigenvalue weighted by Gasteiger charge is 2.43. The van der Waals surface area contributed by atoms with Crippen molar-refractivity contribution in [1.29, 1.82) is 0 Å². The van der Waals surface area contributed by atoms with E-state index in [2.05, 4.69) is 17.9 Å². The number of anilines is 1. The van der Waals surface area contributed by atoms with Crippen LogP contribution >= 0.6 is 0 Å². The van der Waals surface area contributed by atoms with Crippen molar-refractivity contribution in [3.63, 3.8) is 0 Å². The van der Waals surface area contributed by atoms with Gasteiger partial charge in [0.05, 0.1) is 4.92 Å². The predicted octanol–water partition coefficient (Wildman–Crippen LogP) is 3.37. The van der Waals surface area contributed by atoms with Gasteiger partial charge in [0.1, 0.15) is 0 Å². The molecule has 1 aliphatic heterocycles. The highest BCUT2D eigenvalue weighted by Crippen LogP contribution is 2.52. The average Bonchev–Trinajstić information content (AvgIpc) is 2.59. The fourth-order valence-electron chi connectivity index (χ4n) is 3.33. The second-order valence-electron chi connectivity index (χ2n) is 5.33. The summed E-state index contributed by atoms with van der Waals surface area (Å²) in [5, 5.41) is 10.9. The molecule has 1 aromatic rings. The van der Waals surface area contributed by atoms with Crippen molar-refractivity contribution in [2.45, 2.75) is 31.6 Å². The third kappa shape index (κ3) is 1.32. The van der Waals surface area contributed by atoms with Gasteiger partial charge in [0.2, 0.25) is 0 Å². The summed E-state index contributed by atoms with van der Waals surface area (Å²) >= 11 is 0. The third-order valence-electron chi connectivity index (χ3n) is 4.29. The Morgan fingerprint density at radius 3 is 2.94 bits per heavy atom. The molecule has 2 aliphatic rings. The van der Waals surface area contributed by atoms with E-state index >= 15 is 0 Å². The molecule has 94 valence electrons. The molecule has 18 heavy (non-hydrogen) atoms. The van der Waals surface area contributed by atoms with E-state index in [0.29, 0.717) is 0 Å². The minimum absolute atomic E-state index is 0.0473. The number of non-ortho nitro benzene ring substituents is 1. The van der Waals surface area contributed by atoms with Crippen molar-refractivity contribution in [2.75, 3.05) is 11.9 Å². The first-order valence-electron chi connectivity index (χ1n) is 6.27. The van der Waals surface area contributed by atoms with Crippen LogP contribution in [-0.4, -0.2) is 12.0 Å². The van der Waals surface area contributed by atoms with Crippen molar-refractivity contribution in [3.8, 4) is 0 Å². The summed E-state index contributed by atoms with van der Waals surface area (Å²) < 4.78 is 0. The third-order valence-corrected chi connectivity index (χ3v) is 4.29. The number of fused-ring (bicyclic) bond motifs is 3. The van der Waals surface area contributed by atoms with Gasteiger partial charge in [-0.2, -0.15) is 0 Å². The summed E-state index contributed by atoms with van der Waals surface area (Å²) in [4.78, 5) is 12.8. The van der Waals surface area contributed by atoms with Crippen LogP contribution in [0.25, 0.3) is 0 Å². The molecule has 1 aliphatic carbocycles. The van der Waals surface area contributed by atoms with E-state index in [4.69, 9.17) is 0 Å². The van der Waals surface area contributed by atoms with E-state index < -0.39 is 0 Å². The number of nitro groups is 1. The van der Waals surface area contributed by atoms with Crippen LogP contribution in [0.3, 0.4) is 0 Å². The number of hydrogen-bond acceptors (Lipinski definition) is 3. The zero-order valence-corrected chi connectivity index (χ0v) is 10.6. The second-order valence-corrected chi connectivity index (χ2v) is 5.33. The molecule has 0 saturated carbocycles.